The molecule has 2 aromatic rings. The van der Waals surface area contributed by atoms with E-state index in [0.29, 0.717) is 12.8 Å². The SMILES string of the molecule is O=C(c1cccc(C2(O)C=CC=CC2)c1C1CCCCC1)c1cccc(C2(O)C=CC=CC2)c1C1CCCCC1. The Kier molecular flexibility index (Phi) is 7.79. The highest BCUT2D eigenvalue weighted by Crippen LogP contribution is 2.45. The van der Waals surface area contributed by atoms with Crippen molar-refractivity contribution >= 4 is 5.78 Å². The van der Waals surface area contributed by atoms with Gasteiger partial charge in [-0.2, -0.15) is 0 Å². The van der Waals surface area contributed by atoms with Crippen LogP contribution in [0.2, 0.25) is 0 Å². The summed E-state index contributed by atoms with van der Waals surface area (Å²) in [4.78, 5) is 14.8. The standard InChI is InChI=1S/C37H42O3/c38-35(29-19-13-21-31(36(39)23-9-3-10-24-36)33(29)27-15-5-1-6-16-27)30-20-14-22-32(37(40)25-11-4-12-26-37)34(30)28-17-7-2-8-18-28/h3-4,9-14,19-23,25,27-28,39-40H,1-2,5-8,15-18,24,26H2. The summed E-state index contributed by atoms with van der Waals surface area (Å²) in [5.41, 5.74) is 3.05. The molecule has 4 aliphatic carbocycles. The monoisotopic (exact) mass is 534 g/mol. The van der Waals surface area contributed by atoms with Crippen LogP contribution in [-0.2, 0) is 11.2 Å². The van der Waals surface area contributed by atoms with Gasteiger partial charge in [-0.1, -0.05) is 111 Å². The van der Waals surface area contributed by atoms with Crippen LogP contribution in [0.5, 0.6) is 0 Å². The van der Waals surface area contributed by atoms with E-state index in [0.717, 1.165) is 84.7 Å². The highest BCUT2D eigenvalue weighted by atomic mass is 16.3. The first-order chi connectivity index (χ1) is 19.5. The van der Waals surface area contributed by atoms with Gasteiger partial charge in [-0.25, -0.2) is 0 Å². The number of benzene rings is 2. The van der Waals surface area contributed by atoms with E-state index in [1.807, 2.05) is 85.0 Å². The van der Waals surface area contributed by atoms with E-state index >= 15 is 0 Å². The van der Waals surface area contributed by atoms with Gasteiger partial charge in [0, 0.05) is 24.0 Å². The Balaban J connectivity index is 1.52. The van der Waals surface area contributed by atoms with E-state index in [-0.39, 0.29) is 17.6 Å². The zero-order valence-corrected chi connectivity index (χ0v) is 23.5. The Labute approximate surface area is 239 Å². The molecule has 2 aromatic carbocycles. The molecule has 3 nitrogen and oxygen atoms in total. The van der Waals surface area contributed by atoms with E-state index in [9.17, 15) is 15.0 Å². The fourth-order valence-corrected chi connectivity index (χ4v) is 7.71. The topological polar surface area (TPSA) is 57.5 Å². The van der Waals surface area contributed by atoms with Gasteiger partial charge in [0.2, 0.25) is 0 Å². The molecule has 2 fully saturated rings. The highest BCUT2D eigenvalue weighted by molar-refractivity contribution is 6.11. The van der Waals surface area contributed by atoms with E-state index in [4.69, 9.17) is 0 Å². The Hall–Kier alpha value is -3.01. The van der Waals surface area contributed by atoms with Crippen molar-refractivity contribution in [3.8, 4) is 0 Å². The number of carbonyl (C=O) groups excluding carboxylic acids is 1. The molecular formula is C37H42O3. The molecule has 0 aliphatic heterocycles. The zero-order chi connectivity index (χ0) is 27.6. The number of carbonyl (C=O) groups is 1. The molecule has 2 atom stereocenters. The number of hydrogen-bond donors (Lipinski definition) is 2. The van der Waals surface area contributed by atoms with Crippen LogP contribution in [0.15, 0.2) is 85.0 Å². The average molecular weight is 535 g/mol. The third kappa shape index (κ3) is 5.10. The van der Waals surface area contributed by atoms with Crippen molar-refractivity contribution in [2.45, 2.75) is 100 Å². The lowest BCUT2D eigenvalue weighted by Crippen LogP contribution is -2.29. The van der Waals surface area contributed by atoms with Crippen molar-refractivity contribution in [2.24, 2.45) is 0 Å². The molecular weight excluding hydrogens is 492 g/mol. The minimum Gasteiger partial charge on any atom is -0.381 e. The molecule has 0 saturated heterocycles. The van der Waals surface area contributed by atoms with Gasteiger partial charge < -0.3 is 10.2 Å². The predicted octanol–water partition coefficient (Wildman–Crippen LogP) is 8.42. The van der Waals surface area contributed by atoms with E-state index in [1.54, 1.807) is 0 Å². The third-order valence-electron chi connectivity index (χ3n) is 9.76. The summed E-state index contributed by atoms with van der Waals surface area (Å²) in [5.74, 6) is 0.538. The maximum atomic E-state index is 14.8. The molecule has 2 unspecified atom stereocenters. The van der Waals surface area contributed by atoms with Crippen molar-refractivity contribution in [3.63, 3.8) is 0 Å². The van der Waals surface area contributed by atoms with Crippen molar-refractivity contribution in [1.82, 2.24) is 0 Å². The van der Waals surface area contributed by atoms with Gasteiger partial charge in [0.15, 0.2) is 5.78 Å². The van der Waals surface area contributed by atoms with Crippen molar-refractivity contribution in [1.29, 1.82) is 0 Å². The predicted molar refractivity (Wildman–Crippen MR) is 162 cm³/mol. The molecule has 208 valence electrons. The Morgan fingerprint density at radius 3 is 1.40 bits per heavy atom. The van der Waals surface area contributed by atoms with Crippen molar-refractivity contribution in [3.05, 3.63) is 118 Å². The molecule has 0 bridgehead atoms. The van der Waals surface area contributed by atoms with Gasteiger partial charge in [0.05, 0.1) is 0 Å². The molecule has 2 N–H and O–H groups in total. The molecule has 0 heterocycles. The lowest BCUT2D eigenvalue weighted by Gasteiger charge is -2.35. The first-order valence-electron chi connectivity index (χ1n) is 15.5. The molecule has 0 spiro atoms. The minimum atomic E-state index is -1.11. The lowest BCUT2D eigenvalue weighted by molar-refractivity contribution is 0.0895. The molecule has 0 radical (unpaired) electrons. The minimum absolute atomic E-state index is 0.0303. The Bertz CT molecular complexity index is 1260. The summed E-state index contributed by atoms with van der Waals surface area (Å²) in [7, 11) is 0. The summed E-state index contributed by atoms with van der Waals surface area (Å²) in [6.45, 7) is 0. The van der Waals surface area contributed by atoms with Crippen LogP contribution in [-0.4, -0.2) is 16.0 Å². The second kappa shape index (κ2) is 11.5. The van der Waals surface area contributed by atoms with Crippen molar-refractivity contribution in [2.75, 3.05) is 0 Å². The van der Waals surface area contributed by atoms with Gasteiger partial charge in [-0.3, -0.25) is 4.79 Å². The van der Waals surface area contributed by atoms with Crippen LogP contribution < -0.4 is 0 Å². The van der Waals surface area contributed by atoms with Crippen LogP contribution in [0.25, 0.3) is 0 Å². The number of rotatable bonds is 6. The molecule has 6 rings (SSSR count). The highest BCUT2D eigenvalue weighted by Gasteiger charge is 2.37. The van der Waals surface area contributed by atoms with E-state index in [1.165, 1.54) is 12.8 Å². The first-order valence-corrected chi connectivity index (χ1v) is 15.5. The van der Waals surface area contributed by atoms with Crippen LogP contribution in [0.1, 0.15) is 127 Å². The van der Waals surface area contributed by atoms with Gasteiger partial charge >= 0.3 is 0 Å². The van der Waals surface area contributed by atoms with Crippen LogP contribution in [0.4, 0.5) is 0 Å². The van der Waals surface area contributed by atoms with Gasteiger partial charge in [-0.15, -0.1) is 0 Å². The fourth-order valence-electron chi connectivity index (χ4n) is 7.71. The summed E-state index contributed by atoms with van der Waals surface area (Å²) in [6.07, 6.45) is 27.8. The zero-order valence-electron chi connectivity index (χ0n) is 23.5. The van der Waals surface area contributed by atoms with Crippen LogP contribution in [0, 0.1) is 0 Å². The smallest absolute Gasteiger partial charge is 0.193 e. The maximum Gasteiger partial charge on any atom is 0.193 e. The second-order valence-corrected chi connectivity index (χ2v) is 12.4. The third-order valence-corrected chi connectivity index (χ3v) is 9.76. The normalized spacial score (nSPS) is 27.2. The molecule has 0 amide bonds. The molecule has 0 aromatic heterocycles. The van der Waals surface area contributed by atoms with E-state index in [2.05, 4.69) is 0 Å². The van der Waals surface area contributed by atoms with E-state index < -0.39 is 11.2 Å². The molecule has 4 aliphatic rings. The molecule has 40 heavy (non-hydrogen) atoms. The largest absolute Gasteiger partial charge is 0.381 e. The number of allylic oxidation sites excluding steroid dienone is 4. The number of hydrogen-bond acceptors (Lipinski definition) is 3. The maximum absolute atomic E-state index is 14.8. The summed E-state index contributed by atoms with van der Waals surface area (Å²) in [5, 5.41) is 23.7. The lowest BCUT2D eigenvalue weighted by atomic mass is 9.71. The van der Waals surface area contributed by atoms with Gasteiger partial charge in [0.1, 0.15) is 11.2 Å². The molecule has 2 saturated carbocycles. The molecule has 3 heteroatoms. The number of aliphatic hydroxyl groups is 2. The summed E-state index contributed by atoms with van der Waals surface area (Å²) < 4.78 is 0. The van der Waals surface area contributed by atoms with Gasteiger partial charge in [-0.05, 0) is 71.9 Å². The van der Waals surface area contributed by atoms with Crippen molar-refractivity contribution < 1.29 is 15.0 Å². The van der Waals surface area contributed by atoms with Gasteiger partial charge in [0.25, 0.3) is 0 Å². The van der Waals surface area contributed by atoms with Crippen LogP contribution >= 0.6 is 0 Å². The Morgan fingerprint density at radius 2 is 1.02 bits per heavy atom. The number of ketones is 1. The quantitative estimate of drug-likeness (QED) is 0.366. The summed E-state index contributed by atoms with van der Waals surface area (Å²) in [6, 6.07) is 11.9. The average Bonchev–Trinajstić information content (AvgIpc) is 3.01. The first kappa shape index (κ1) is 27.2. The summed E-state index contributed by atoms with van der Waals surface area (Å²) >= 11 is 0. The van der Waals surface area contributed by atoms with Crippen LogP contribution in [0.3, 0.4) is 0 Å². The Morgan fingerprint density at radius 1 is 0.600 bits per heavy atom. The second-order valence-electron chi connectivity index (χ2n) is 12.4. The fraction of sp³-hybridized carbons (Fsp3) is 0.432.